The molecule has 0 amide bonds. The van der Waals surface area contributed by atoms with Crippen LogP contribution in [0.1, 0.15) is 38.2 Å². The molecule has 0 radical (unpaired) electrons. The third-order valence-corrected chi connectivity index (χ3v) is 5.24. The maximum Gasteiger partial charge on any atom is 0.284 e. The van der Waals surface area contributed by atoms with Crippen LogP contribution in [-0.2, 0) is 10.0 Å². The van der Waals surface area contributed by atoms with Crippen molar-refractivity contribution in [1.29, 1.82) is 0 Å². The van der Waals surface area contributed by atoms with Gasteiger partial charge in [0.15, 0.2) is 0 Å². The van der Waals surface area contributed by atoms with E-state index in [0.29, 0.717) is 17.8 Å². The van der Waals surface area contributed by atoms with E-state index in [9.17, 15) is 18.5 Å². The number of amidine groups is 1. The van der Waals surface area contributed by atoms with Crippen molar-refractivity contribution < 1.29 is 13.3 Å². The van der Waals surface area contributed by atoms with Crippen LogP contribution in [0, 0.1) is 17.0 Å². The quantitative estimate of drug-likeness (QED) is 0.364. The van der Waals surface area contributed by atoms with E-state index in [1.54, 1.807) is 6.92 Å². The van der Waals surface area contributed by atoms with Crippen LogP contribution in [0.3, 0.4) is 0 Å². The summed E-state index contributed by atoms with van der Waals surface area (Å²) in [6.45, 7) is 5.04. The van der Waals surface area contributed by atoms with Gasteiger partial charge < -0.3 is 4.90 Å². The van der Waals surface area contributed by atoms with Gasteiger partial charge in [-0.05, 0) is 32.3 Å². The Morgan fingerprint density at radius 1 is 1.30 bits per heavy atom. The second kappa shape index (κ2) is 7.08. The fraction of sp³-hybridized carbons (Fsp3) is 0.533. The zero-order valence-electron chi connectivity index (χ0n) is 13.4. The number of benzene rings is 1. The van der Waals surface area contributed by atoms with E-state index in [2.05, 4.69) is 4.40 Å². The van der Waals surface area contributed by atoms with Gasteiger partial charge in [0.25, 0.3) is 15.7 Å². The number of rotatable bonds is 4. The molecule has 1 aromatic rings. The average molecular weight is 339 g/mol. The maximum absolute atomic E-state index is 12.5. The Balaban J connectivity index is 2.38. The van der Waals surface area contributed by atoms with Gasteiger partial charge in [0, 0.05) is 31.1 Å². The summed E-state index contributed by atoms with van der Waals surface area (Å²) < 4.78 is 28.9. The molecule has 8 heteroatoms. The van der Waals surface area contributed by atoms with Gasteiger partial charge in [-0.25, -0.2) is 0 Å². The fourth-order valence-corrected chi connectivity index (χ4v) is 3.76. The molecule has 23 heavy (non-hydrogen) atoms. The molecule has 1 aliphatic heterocycles. The molecule has 0 spiro atoms. The minimum Gasteiger partial charge on any atom is -0.359 e. The van der Waals surface area contributed by atoms with Crippen molar-refractivity contribution in [1.82, 2.24) is 4.90 Å². The van der Waals surface area contributed by atoms with Crippen LogP contribution in [0.5, 0.6) is 0 Å². The monoisotopic (exact) mass is 339 g/mol. The van der Waals surface area contributed by atoms with E-state index in [0.717, 1.165) is 38.4 Å². The lowest BCUT2D eigenvalue weighted by Crippen LogP contribution is -2.35. The third-order valence-electron chi connectivity index (χ3n) is 3.94. The number of likely N-dealkylation sites (tertiary alicyclic amines) is 1. The van der Waals surface area contributed by atoms with E-state index < -0.39 is 14.9 Å². The normalized spacial score (nSPS) is 16.4. The molecule has 0 saturated carbocycles. The molecule has 0 bridgehead atoms. The highest BCUT2D eigenvalue weighted by molar-refractivity contribution is 7.90. The van der Waals surface area contributed by atoms with E-state index in [-0.39, 0.29) is 10.6 Å². The second-order valence-corrected chi connectivity index (χ2v) is 7.19. The molecule has 0 atom stereocenters. The lowest BCUT2D eigenvalue weighted by molar-refractivity contribution is -0.385. The Hall–Kier alpha value is -1.96. The number of hydrogen-bond acceptors (Lipinski definition) is 4. The standard InChI is InChI=1S/C15H21N3O4S/c1-3-15(17-9-5-4-6-10-17)16-23(21,22)13-8-7-12(2)14(11-13)18(19)20/h7-8,11H,3-6,9-10H2,1-2H3. The summed E-state index contributed by atoms with van der Waals surface area (Å²) >= 11 is 0. The van der Waals surface area contributed by atoms with Gasteiger partial charge in [0.2, 0.25) is 0 Å². The van der Waals surface area contributed by atoms with Crippen molar-refractivity contribution in [2.45, 2.75) is 44.4 Å². The molecule has 2 rings (SSSR count). The zero-order chi connectivity index (χ0) is 17.0. The summed E-state index contributed by atoms with van der Waals surface area (Å²) in [5, 5.41) is 11.0. The smallest absolute Gasteiger partial charge is 0.284 e. The molecule has 1 saturated heterocycles. The highest BCUT2D eigenvalue weighted by Crippen LogP contribution is 2.24. The van der Waals surface area contributed by atoms with Gasteiger partial charge >= 0.3 is 0 Å². The van der Waals surface area contributed by atoms with E-state index in [1.165, 1.54) is 12.1 Å². The summed E-state index contributed by atoms with van der Waals surface area (Å²) in [4.78, 5) is 12.3. The average Bonchev–Trinajstić information content (AvgIpc) is 2.53. The molecule has 0 N–H and O–H groups in total. The van der Waals surface area contributed by atoms with Crippen molar-refractivity contribution in [3.05, 3.63) is 33.9 Å². The van der Waals surface area contributed by atoms with Crippen LogP contribution < -0.4 is 0 Å². The predicted octanol–water partition coefficient (Wildman–Crippen LogP) is 2.89. The number of piperidine rings is 1. The topological polar surface area (TPSA) is 92.9 Å². The second-order valence-electron chi connectivity index (χ2n) is 5.59. The molecule has 0 aliphatic carbocycles. The first-order chi connectivity index (χ1) is 10.8. The summed E-state index contributed by atoms with van der Waals surface area (Å²) in [7, 11) is -3.95. The highest BCUT2D eigenvalue weighted by Gasteiger charge is 2.22. The Morgan fingerprint density at radius 3 is 2.52 bits per heavy atom. The number of hydrogen-bond donors (Lipinski definition) is 0. The first-order valence-electron chi connectivity index (χ1n) is 7.69. The molecule has 1 aliphatic rings. The van der Waals surface area contributed by atoms with Crippen molar-refractivity contribution in [3.8, 4) is 0 Å². The van der Waals surface area contributed by atoms with Crippen molar-refractivity contribution in [2.75, 3.05) is 13.1 Å². The minimum atomic E-state index is -3.95. The summed E-state index contributed by atoms with van der Waals surface area (Å²) in [6, 6.07) is 3.88. The van der Waals surface area contributed by atoms with Gasteiger partial charge in [-0.1, -0.05) is 13.0 Å². The van der Waals surface area contributed by atoms with Crippen LogP contribution in [0.4, 0.5) is 5.69 Å². The zero-order valence-corrected chi connectivity index (χ0v) is 14.2. The number of aryl methyl sites for hydroxylation is 1. The largest absolute Gasteiger partial charge is 0.359 e. The molecule has 1 aromatic carbocycles. The summed E-state index contributed by atoms with van der Waals surface area (Å²) in [5.74, 6) is 0.521. The lowest BCUT2D eigenvalue weighted by atomic mass is 10.1. The van der Waals surface area contributed by atoms with Crippen LogP contribution in [0.25, 0.3) is 0 Å². The first kappa shape index (κ1) is 17.4. The Labute approximate surface area is 136 Å². The Bertz CT molecular complexity index is 722. The lowest BCUT2D eigenvalue weighted by Gasteiger charge is -2.29. The maximum atomic E-state index is 12.5. The van der Waals surface area contributed by atoms with Gasteiger partial charge in [0.05, 0.1) is 9.82 Å². The fourth-order valence-electron chi connectivity index (χ4n) is 2.64. The predicted molar refractivity (Wildman–Crippen MR) is 88.2 cm³/mol. The molecule has 126 valence electrons. The third kappa shape index (κ3) is 4.07. The Morgan fingerprint density at radius 2 is 1.96 bits per heavy atom. The molecule has 1 fully saturated rings. The Kier molecular flexibility index (Phi) is 5.35. The minimum absolute atomic E-state index is 0.141. The van der Waals surface area contributed by atoms with Gasteiger partial charge in [-0.2, -0.15) is 8.42 Å². The summed E-state index contributed by atoms with van der Waals surface area (Å²) in [5.41, 5.74) is 0.210. The molecular formula is C15H21N3O4S. The van der Waals surface area contributed by atoms with E-state index in [1.807, 2.05) is 11.8 Å². The van der Waals surface area contributed by atoms with E-state index >= 15 is 0 Å². The first-order valence-corrected chi connectivity index (χ1v) is 9.13. The molecular weight excluding hydrogens is 318 g/mol. The number of nitro benzene ring substituents is 1. The number of sulfonamides is 1. The van der Waals surface area contributed by atoms with Crippen LogP contribution in [0.2, 0.25) is 0 Å². The van der Waals surface area contributed by atoms with E-state index in [4.69, 9.17) is 0 Å². The molecule has 7 nitrogen and oxygen atoms in total. The van der Waals surface area contributed by atoms with Gasteiger partial charge in [-0.15, -0.1) is 4.40 Å². The van der Waals surface area contributed by atoms with Gasteiger partial charge in [0.1, 0.15) is 5.84 Å². The van der Waals surface area contributed by atoms with Crippen LogP contribution in [-0.4, -0.2) is 37.2 Å². The van der Waals surface area contributed by atoms with Crippen molar-refractivity contribution in [3.63, 3.8) is 0 Å². The number of nitrogens with zero attached hydrogens (tertiary/aromatic N) is 3. The molecule has 1 heterocycles. The van der Waals surface area contributed by atoms with Gasteiger partial charge in [-0.3, -0.25) is 10.1 Å². The molecule has 0 unspecified atom stereocenters. The van der Waals surface area contributed by atoms with Crippen molar-refractivity contribution >= 4 is 21.5 Å². The van der Waals surface area contributed by atoms with Crippen molar-refractivity contribution in [2.24, 2.45) is 4.40 Å². The van der Waals surface area contributed by atoms with Crippen LogP contribution in [0.15, 0.2) is 27.5 Å². The summed E-state index contributed by atoms with van der Waals surface area (Å²) in [6.07, 6.45) is 3.70. The van der Waals surface area contributed by atoms with Crippen LogP contribution >= 0.6 is 0 Å². The number of nitro groups is 1. The molecule has 0 aromatic heterocycles. The highest BCUT2D eigenvalue weighted by atomic mass is 32.2. The SMILES string of the molecule is CCC(=NS(=O)(=O)c1ccc(C)c([N+](=O)[O-])c1)N1CCCCC1.